The first-order valence-electron chi connectivity index (χ1n) is 7.46. The van der Waals surface area contributed by atoms with Gasteiger partial charge in [-0.15, -0.1) is 0 Å². The number of anilines is 1. The smallest absolute Gasteiger partial charge is 0.387 e. The van der Waals surface area contributed by atoms with E-state index in [1.165, 1.54) is 37.4 Å². The van der Waals surface area contributed by atoms with Crippen molar-refractivity contribution in [1.29, 1.82) is 0 Å². The number of hydrogen-bond acceptors (Lipinski definition) is 4. The maximum Gasteiger partial charge on any atom is 0.387 e. The molecule has 1 N–H and O–H groups in total. The molecule has 0 bridgehead atoms. The molecule has 1 unspecified atom stereocenters. The summed E-state index contributed by atoms with van der Waals surface area (Å²) < 4.78 is 67.8. The highest BCUT2D eigenvalue weighted by molar-refractivity contribution is 5.94. The SMILES string of the molecule is CC(ON=Cc1ccc(OC(F)F)cc1)C(=O)Nc1ccc(F)c(F)c1F. The molecule has 2 aromatic rings. The number of rotatable bonds is 7. The van der Waals surface area contributed by atoms with Crippen molar-refractivity contribution in [3.63, 3.8) is 0 Å². The molecule has 0 aromatic heterocycles. The van der Waals surface area contributed by atoms with Crippen molar-refractivity contribution in [2.75, 3.05) is 5.32 Å². The third-order valence-electron chi connectivity index (χ3n) is 3.19. The number of halogens is 5. The molecule has 0 saturated carbocycles. The molecule has 0 fully saturated rings. The Labute approximate surface area is 150 Å². The number of ether oxygens (including phenoxy) is 1. The Morgan fingerprint density at radius 2 is 1.74 bits per heavy atom. The van der Waals surface area contributed by atoms with Gasteiger partial charge in [-0.3, -0.25) is 4.79 Å². The summed E-state index contributed by atoms with van der Waals surface area (Å²) in [5.41, 5.74) is -0.0798. The van der Waals surface area contributed by atoms with Crippen LogP contribution in [0.5, 0.6) is 5.75 Å². The summed E-state index contributed by atoms with van der Waals surface area (Å²) in [5, 5.41) is 5.59. The van der Waals surface area contributed by atoms with Gasteiger partial charge >= 0.3 is 6.61 Å². The van der Waals surface area contributed by atoms with Crippen molar-refractivity contribution < 1.29 is 36.3 Å². The van der Waals surface area contributed by atoms with Crippen LogP contribution >= 0.6 is 0 Å². The second kappa shape index (κ2) is 8.97. The fraction of sp³-hybridized carbons (Fsp3) is 0.176. The average molecular weight is 388 g/mol. The topological polar surface area (TPSA) is 59.9 Å². The minimum absolute atomic E-state index is 0.0376. The van der Waals surface area contributed by atoms with Crippen LogP contribution in [-0.4, -0.2) is 24.8 Å². The van der Waals surface area contributed by atoms with Gasteiger partial charge < -0.3 is 14.9 Å². The number of nitrogens with one attached hydrogen (secondary N) is 1. The molecule has 10 heteroatoms. The Morgan fingerprint density at radius 1 is 1.07 bits per heavy atom. The van der Waals surface area contributed by atoms with E-state index in [0.29, 0.717) is 11.6 Å². The molecule has 1 amide bonds. The molecular weight excluding hydrogens is 375 g/mol. The van der Waals surface area contributed by atoms with E-state index in [4.69, 9.17) is 4.84 Å². The molecule has 0 aliphatic rings. The first-order chi connectivity index (χ1) is 12.8. The van der Waals surface area contributed by atoms with Gasteiger partial charge in [0.05, 0.1) is 11.9 Å². The zero-order valence-electron chi connectivity index (χ0n) is 13.8. The van der Waals surface area contributed by atoms with Gasteiger partial charge in [0.1, 0.15) is 5.75 Å². The van der Waals surface area contributed by atoms with Crippen molar-refractivity contribution in [2.45, 2.75) is 19.6 Å². The highest BCUT2D eigenvalue weighted by atomic mass is 19.3. The van der Waals surface area contributed by atoms with Crippen LogP contribution < -0.4 is 10.1 Å². The summed E-state index contributed by atoms with van der Waals surface area (Å²) in [6, 6.07) is 6.95. The zero-order chi connectivity index (χ0) is 20.0. The van der Waals surface area contributed by atoms with Gasteiger partial charge in [-0.1, -0.05) is 5.16 Å². The van der Waals surface area contributed by atoms with Crippen LogP contribution in [-0.2, 0) is 9.63 Å². The maximum absolute atomic E-state index is 13.5. The molecule has 2 rings (SSSR count). The monoisotopic (exact) mass is 388 g/mol. The quantitative estimate of drug-likeness (QED) is 0.337. The van der Waals surface area contributed by atoms with E-state index in [-0.39, 0.29) is 5.75 Å². The van der Waals surface area contributed by atoms with Gasteiger partial charge in [-0.25, -0.2) is 13.2 Å². The van der Waals surface area contributed by atoms with Crippen LogP contribution in [0.15, 0.2) is 41.6 Å². The maximum atomic E-state index is 13.5. The molecule has 2 aromatic carbocycles. The lowest BCUT2D eigenvalue weighted by Gasteiger charge is -2.11. The van der Waals surface area contributed by atoms with Crippen molar-refractivity contribution in [3.8, 4) is 5.75 Å². The molecule has 5 nitrogen and oxygen atoms in total. The Balaban J connectivity index is 1.91. The molecule has 0 spiro atoms. The largest absolute Gasteiger partial charge is 0.435 e. The van der Waals surface area contributed by atoms with Crippen LogP contribution in [0.2, 0.25) is 0 Å². The van der Waals surface area contributed by atoms with E-state index >= 15 is 0 Å². The average Bonchev–Trinajstić information content (AvgIpc) is 2.63. The van der Waals surface area contributed by atoms with E-state index in [0.717, 1.165) is 6.07 Å². The predicted molar refractivity (Wildman–Crippen MR) is 86.2 cm³/mol. The number of alkyl halides is 2. The third-order valence-corrected chi connectivity index (χ3v) is 3.19. The zero-order valence-corrected chi connectivity index (χ0v) is 13.8. The second-order valence-corrected chi connectivity index (χ2v) is 5.14. The molecule has 0 heterocycles. The number of carbonyl (C=O) groups excluding carboxylic acids is 1. The van der Waals surface area contributed by atoms with E-state index < -0.39 is 41.8 Å². The molecule has 1 atom stereocenters. The standard InChI is InChI=1S/C17H13F5N2O3/c1-9(16(25)24-13-7-6-12(18)14(19)15(13)20)27-23-8-10-2-4-11(5-3-10)26-17(21)22/h2-9,17H,1H3,(H,24,25). The van der Waals surface area contributed by atoms with E-state index in [1.54, 1.807) is 0 Å². The lowest BCUT2D eigenvalue weighted by atomic mass is 10.2. The summed E-state index contributed by atoms with van der Waals surface area (Å²) >= 11 is 0. The third kappa shape index (κ3) is 5.66. The van der Waals surface area contributed by atoms with E-state index in [9.17, 15) is 26.7 Å². The molecule has 27 heavy (non-hydrogen) atoms. The Bertz CT molecular complexity index is 828. The molecule has 0 saturated heterocycles. The summed E-state index contributed by atoms with van der Waals surface area (Å²) in [5.74, 6) is -5.52. The number of hydrogen-bond donors (Lipinski definition) is 1. The van der Waals surface area contributed by atoms with Crippen LogP contribution in [0.3, 0.4) is 0 Å². The van der Waals surface area contributed by atoms with Gasteiger partial charge in [0.2, 0.25) is 6.10 Å². The lowest BCUT2D eigenvalue weighted by molar-refractivity contribution is -0.126. The molecular formula is C17H13F5N2O3. The molecule has 0 radical (unpaired) electrons. The van der Waals surface area contributed by atoms with Crippen LogP contribution in [0.1, 0.15) is 12.5 Å². The summed E-state index contributed by atoms with van der Waals surface area (Å²) in [6.45, 7) is -1.64. The number of carbonyl (C=O) groups is 1. The van der Waals surface area contributed by atoms with Gasteiger partial charge in [-0.2, -0.15) is 8.78 Å². The van der Waals surface area contributed by atoms with Gasteiger partial charge in [0.25, 0.3) is 5.91 Å². The first kappa shape index (κ1) is 20.1. The number of nitrogens with zero attached hydrogens (tertiary/aromatic N) is 1. The lowest BCUT2D eigenvalue weighted by Crippen LogP contribution is -2.27. The number of amides is 1. The summed E-state index contributed by atoms with van der Waals surface area (Å²) in [7, 11) is 0. The Kier molecular flexibility index (Phi) is 6.69. The normalized spacial score (nSPS) is 12.3. The minimum atomic E-state index is -2.94. The van der Waals surface area contributed by atoms with Gasteiger partial charge in [-0.05, 0) is 48.9 Å². The van der Waals surface area contributed by atoms with Crippen molar-refractivity contribution in [1.82, 2.24) is 0 Å². The van der Waals surface area contributed by atoms with Crippen molar-refractivity contribution in [3.05, 3.63) is 59.4 Å². The highest BCUT2D eigenvalue weighted by Crippen LogP contribution is 2.20. The van der Waals surface area contributed by atoms with Gasteiger partial charge in [0, 0.05) is 0 Å². The van der Waals surface area contributed by atoms with E-state index in [2.05, 4.69) is 9.89 Å². The Hall–Kier alpha value is -3.17. The summed E-state index contributed by atoms with van der Waals surface area (Å²) in [4.78, 5) is 16.8. The number of oxime groups is 1. The fourth-order valence-electron chi connectivity index (χ4n) is 1.82. The Morgan fingerprint density at radius 3 is 2.37 bits per heavy atom. The second-order valence-electron chi connectivity index (χ2n) is 5.14. The molecule has 0 aliphatic carbocycles. The van der Waals surface area contributed by atoms with Crippen LogP contribution in [0.25, 0.3) is 0 Å². The van der Waals surface area contributed by atoms with Gasteiger partial charge in [0.15, 0.2) is 17.5 Å². The van der Waals surface area contributed by atoms with Crippen LogP contribution in [0.4, 0.5) is 27.6 Å². The van der Waals surface area contributed by atoms with Crippen molar-refractivity contribution in [2.24, 2.45) is 5.16 Å². The van der Waals surface area contributed by atoms with Crippen molar-refractivity contribution >= 4 is 17.8 Å². The highest BCUT2D eigenvalue weighted by Gasteiger charge is 2.19. The predicted octanol–water partition coefficient (Wildman–Crippen LogP) is 4.08. The van der Waals surface area contributed by atoms with E-state index in [1.807, 2.05) is 5.32 Å². The first-order valence-corrected chi connectivity index (χ1v) is 7.46. The van der Waals surface area contributed by atoms with Crippen LogP contribution in [0, 0.1) is 17.5 Å². The summed E-state index contributed by atoms with van der Waals surface area (Å²) in [6.07, 6.45) is 0.0175. The molecule has 0 aliphatic heterocycles. The molecule has 144 valence electrons. The fourth-order valence-corrected chi connectivity index (χ4v) is 1.82. The minimum Gasteiger partial charge on any atom is -0.435 e. The number of benzene rings is 2.